The van der Waals surface area contributed by atoms with Crippen LogP contribution in [0.25, 0.3) is 0 Å². The summed E-state index contributed by atoms with van der Waals surface area (Å²) in [7, 11) is 0. The van der Waals surface area contributed by atoms with E-state index in [1.54, 1.807) is 4.74 Å². The third-order valence-electron chi connectivity index (χ3n) is 4.97. The molecule has 4 atom stereocenters. The molecule has 0 aliphatic heterocycles. The van der Waals surface area contributed by atoms with Crippen molar-refractivity contribution in [1.82, 2.24) is 0 Å². The third kappa shape index (κ3) is 3.65. The zero-order chi connectivity index (χ0) is 30.2. The van der Waals surface area contributed by atoms with Crippen molar-refractivity contribution >= 4 is 0 Å². The Bertz CT molecular complexity index is 844. The van der Waals surface area contributed by atoms with Gasteiger partial charge in [-0.1, -0.05) is 0 Å². The van der Waals surface area contributed by atoms with Crippen LogP contribution in [-0.4, -0.2) is 78.7 Å². The van der Waals surface area contributed by atoms with E-state index in [0.29, 0.717) is 0 Å². The van der Waals surface area contributed by atoms with Crippen molar-refractivity contribution in [3.8, 4) is 0 Å². The van der Waals surface area contributed by atoms with E-state index < -0.39 is 78.7 Å². The Morgan fingerprint density at radius 3 is 1.08 bits per heavy atom. The summed E-state index contributed by atoms with van der Waals surface area (Å²) < 4.78 is 300. The molecular weight excluding hydrogens is 606 g/mol. The molecule has 0 aromatic heterocycles. The summed E-state index contributed by atoms with van der Waals surface area (Å²) in [5, 5.41) is 0. The van der Waals surface area contributed by atoms with Crippen LogP contribution in [0.15, 0.2) is 0 Å². The second kappa shape index (κ2) is 8.69. The van der Waals surface area contributed by atoms with E-state index in [1.807, 2.05) is 0 Å². The minimum atomic E-state index is -8.94. The average molecular weight is 610 g/mol. The van der Waals surface area contributed by atoms with Crippen LogP contribution < -0.4 is 0 Å². The molecule has 37 heavy (non-hydrogen) atoms. The van der Waals surface area contributed by atoms with Crippen LogP contribution in [0, 0.1) is 0 Å². The Kier molecular flexibility index (Phi) is 7.85. The Labute approximate surface area is 186 Å². The van der Waals surface area contributed by atoms with Crippen molar-refractivity contribution < 1.29 is 106 Å². The highest BCUT2D eigenvalue weighted by Crippen LogP contribution is 2.74. The Balaban J connectivity index is 4.23. The fourth-order valence-electron chi connectivity index (χ4n) is 3.16. The average Bonchev–Trinajstić information content (AvgIpc) is 2.67. The smallest absolute Gasteiger partial charge is 0.251 e. The summed E-state index contributed by atoms with van der Waals surface area (Å²) in [4.78, 5) is 0. The second-order valence-electron chi connectivity index (χ2n) is 6.88. The maximum absolute atomic E-state index is 14.9. The zero-order valence-electron chi connectivity index (χ0n) is 15.9. The minimum absolute atomic E-state index is 1.25. The molecule has 0 bridgehead atoms. The Morgan fingerprint density at radius 2 is 0.784 bits per heavy atom. The van der Waals surface area contributed by atoms with Crippen LogP contribution in [-0.2, 0) is 9.47 Å². The first-order valence-corrected chi connectivity index (χ1v) is 8.11. The lowest BCUT2D eigenvalue weighted by Crippen LogP contribution is -2.94. The summed E-state index contributed by atoms with van der Waals surface area (Å²) in [6.07, 6.45) is -43.9. The van der Waals surface area contributed by atoms with E-state index in [-0.39, 0.29) is 0 Å². The molecule has 2 nitrogen and oxygen atoms in total. The number of halogens is 22. The predicted octanol–water partition coefficient (Wildman–Crippen LogP) is 6.93. The molecule has 1 saturated carbocycles. The molecule has 0 aromatic rings. The lowest BCUT2D eigenvalue weighted by molar-refractivity contribution is -0.547. The van der Waals surface area contributed by atoms with Gasteiger partial charge in [0.15, 0.2) is 0 Å². The van der Waals surface area contributed by atoms with Crippen LogP contribution in [0.5, 0.6) is 0 Å². The van der Waals surface area contributed by atoms with Crippen molar-refractivity contribution in [2.75, 3.05) is 0 Å². The maximum atomic E-state index is 14.9. The molecule has 0 spiro atoms. The van der Waals surface area contributed by atoms with Gasteiger partial charge in [0, 0.05) is 0 Å². The van der Waals surface area contributed by atoms with Gasteiger partial charge < -0.3 is 0 Å². The molecule has 1 aliphatic carbocycles. The summed E-state index contributed by atoms with van der Waals surface area (Å²) in [6.45, 7) is -5.19. The van der Waals surface area contributed by atoms with Gasteiger partial charge in [-0.25, -0.2) is 48.6 Å². The van der Waals surface area contributed by atoms with E-state index in [0.717, 1.165) is 0 Å². The van der Waals surface area contributed by atoms with Gasteiger partial charge in [0.2, 0.25) is 0 Å². The molecule has 4 unspecified atom stereocenters. The SMILES string of the molecule is FC(F)OC(F)(F)C(F)(F)OC(F)(F)C1(F)C(F)(F)C(F)(C(F)F)C(F)(C(F)F)C(F)(F)C1(F)C(F)F. The summed E-state index contributed by atoms with van der Waals surface area (Å²) in [5.74, 6) is -17.3. The van der Waals surface area contributed by atoms with Gasteiger partial charge in [-0.15, -0.1) is 0 Å². The number of rotatable bonds is 9. The quantitative estimate of drug-likeness (QED) is 0.264. The number of hydrogen-bond acceptors (Lipinski definition) is 2. The second-order valence-corrected chi connectivity index (χ2v) is 6.88. The molecular formula is C13H4F22O2. The highest BCUT2D eigenvalue weighted by Gasteiger charge is 3.07. The van der Waals surface area contributed by atoms with E-state index in [1.165, 1.54) is 4.74 Å². The van der Waals surface area contributed by atoms with Crippen LogP contribution in [0.3, 0.4) is 0 Å². The van der Waals surface area contributed by atoms with Gasteiger partial charge >= 0.3 is 42.5 Å². The molecule has 1 aliphatic rings. The monoisotopic (exact) mass is 610 g/mol. The first-order valence-electron chi connectivity index (χ1n) is 8.11. The zero-order valence-corrected chi connectivity index (χ0v) is 15.9. The van der Waals surface area contributed by atoms with Crippen molar-refractivity contribution in [1.29, 1.82) is 0 Å². The van der Waals surface area contributed by atoms with Crippen molar-refractivity contribution in [3.63, 3.8) is 0 Å². The molecule has 0 saturated heterocycles. The topological polar surface area (TPSA) is 18.5 Å². The first kappa shape index (κ1) is 33.4. The van der Waals surface area contributed by atoms with Crippen molar-refractivity contribution in [2.24, 2.45) is 0 Å². The van der Waals surface area contributed by atoms with Crippen LogP contribution in [0.1, 0.15) is 0 Å². The Hall–Kier alpha value is -1.62. The molecule has 0 amide bonds. The van der Waals surface area contributed by atoms with E-state index in [4.69, 9.17) is 0 Å². The van der Waals surface area contributed by atoms with Gasteiger partial charge in [-0.3, -0.25) is 4.74 Å². The lowest BCUT2D eigenvalue weighted by Gasteiger charge is -2.60. The van der Waals surface area contributed by atoms with Crippen LogP contribution >= 0.6 is 0 Å². The largest absolute Gasteiger partial charge is 0.453 e. The standard InChI is InChI=1S/C13H4F22O2/c14-1(15)5(22)6(23,2(16)17)10(28,29)8(25,7(24,3(18)19)9(5,26)27)11(30,31)37-13(34,35)12(32,33)36-4(20)21/h1-4H. The highest BCUT2D eigenvalue weighted by molar-refractivity contribution is 5.38. The van der Waals surface area contributed by atoms with Gasteiger partial charge in [-0.2, -0.15) is 52.7 Å². The normalized spacial score (nSPS) is 35.2. The molecule has 0 aromatic carbocycles. The summed E-state index contributed by atoms with van der Waals surface area (Å²) in [6, 6.07) is 0. The molecule has 1 rings (SSSR count). The first-order chi connectivity index (χ1) is 16.0. The van der Waals surface area contributed by atoms with Crippen molar-refractivity contribution in [2.45, 2.75) is 78.7 Å². The molecule has 0 radical (unpaired) electrons. The summed E-state index contributed by atoms with van der Waals surface area (Å²) >= 11 is 0. The maximum Gasteiger partial charge on any atom is 0.453 e. The third-order valence-corrected chi connectivity index (χ3v) is 4.97. The van der Waals surface area contributed by atoms with Gasteiger partial charge in [0.1, 0.15) is 0 Å². The van der Waals surface area contributed by atoms with Crippen LogP contribution in [0.2, 0.25) is 0 Å². The number of alkyl halides is 22. The number of ether oxygens (including phenoxy) is 2. The molecule has 1 fully saturated rings. The predicted molar refractivity (Wildman–Crippen MR) is 66.3 cm³/mol. The van der Waals surface area contributed by atoms with Gasteiger partial charge in [0.25, 0.3) is 36.3 Å². The molecule has 0 N–H and O–H groups in total. The Morgan fingerprint density at radius 1 is 0.459 bits per heavy atom. The van der Waals surface area contributed by atoms with E-state index in [2.05, 4.69) is 0 Å². The fraction of sp³-hybridized carbons (Fsp3) is 1.00. The summed E-state index contributed by atoms with van der Waals surface area (Å²) in [5.41, 5.74) is -33.8. The lowest BCUT2D eigenvalue weighted by atomic mass is 9.56. The van der Waals surface area contributed by atoms with Gasteiger partial charge in [0.05, 0.1) is 0 Å². The fourth-order valence-corrected chi connectivity index (χ4v) is 3.16. The molecule has 222 valence electrons. The van der Waals surface area contributed by atoms with E-state index >= 15 is 0 Å². The number of hydrogen-bond donors (Lipinski definition) is 0. The highest BCUT2D eigenvalue weighted by atomic mass is 19.4. The van der Waals surface area contributed by atoms with Gasteiger partial charge in [-0.05, 0) is 0 Å². The molecule has 0 heterocycles. The van der Waals surface area contributed by atoms with E-state index in [9.17, 15) is 96.6 Å². The van der Waals surface area contributed by atoms with Crippen LogP contribution in [0.4, 0.5) is 96.6 Å². The minimum Gasteiger partial charge on any atom is -0.251 e. The molecule has 24 heteroatoms. The van der Waals surface area contributed by atoms with Crippen molar-refractivity contribution in [3.05, 3.63) is 0 Å².